The molecule has 0 saturated carbocycles. The molecule has 0 aliphatic carbocycles. The molecule has 0 atom stereocenters. The third kappa shape index (κ3) is 3.51. The molecule has 6 heteroatoms. The van der Waals surface area contributed by atoms with Gasteiger partial charge in [-0.3, -0.25) is 4.79 Å². The minimum absolute atomic E-state index is 0.132. The molecule has 3 rings (SSSR count). The van der Waals surface area contributed by atoms with E-state index in [-0.39, 0.29) is 12.7 Å². The lowest BCUT2D eigenvalue weighted by Crippen LogP contribution is -2.23. The number of halogens is 1. The molecule has 1 amide bonds. The van der Waals surface area contributed by atoms with Crippen molar-refractivity contribution < 1.29 is 18.7 Å². The third-order valence-electron chi connectivity index (χ3n) is 3.43. The molecule has 0 N–H and O–H groups in total. The van der Waals surface area contributed by atoms with Crippen molar-refractivity contribution in [3.05, 3.63) is 52.4 Å². The predicted octanol–water partition coefficient (Wildman–Crippen LogP) is 3.64. The van der Waals surface area contributed by atoms with Gasteiger partial charge in [-0.1, -0.05) is 11.6 Å². The highest BCUT2D eigenvalue weighted by Crippen LogP contribution is 2.40. The van der Waals surface area contributed by atoms with Gasteiger partial charge in [0.25, 0.3) is 0 Å². The summed E-state index contributed by atoms with van der Waals surface area (Å²) in [6, 6.07) is 7.25. The van der Waals surface area contributed by atoms with Crippen molar-refractivity contribution in [2.24, 2.45) is 0 Å². The van der Waals surface area contributed by atoms with Gasteiger partial charge in [-0.2, -0.15) is 0 Å². The zero-order valence-corrected chi connectivity index (χ0v) is 13.6. The topological polar surface area (TPSA) is 51.9 Å². The number of likely N-dealkylation sites (N-methyl/N-ethyl adjacent to an activating group) is 1. The van der Waals surface area contributed by atoms with Gasteiger partial charge in [-0.15, -0.1) is 0 Å². The second-order valence-corrected chi connectivity index (χ2v) is 5.68. The quantitative estimate of drug-likeness (QED) is 0.801. The first-order valence-electron chi connectivity index (χ1n) is 7.10. The van der Waals surface area contributed by atoms with Crippen LogP contribution in [0.3, 0.4) is 0 Å². The van der Waals surface area contributed by atoms with Gasteiger partial charge in [0, 0.05) is 13.1 Å². The van der Waals surface area contributed by atoms with E-state index in [2.05, 4.69) is 0 Å². The highest BCUT2D eigenvalue weighted by molar-refractivity contribution is 6.32. The molecule has 5 nitrogen and oxygen atoms in total. The Balaban J connectivity index is 1.67. The van der Waals surface area contributed by atoms with Crippen LogP contribution in [-0.4, -0.2) is 24.6 Å². The molecule has 1 aliphatic heterocycles. The number of aryl methyl sites for hydroxylation is 1. The fraction of sp³-hybridized carbons (Fsp3) is 0.235. The van der Waals surface area contributed by atoms with E-state index >= 15 is 0 Å². The van der Waals surface area contributed by atoms with Crippen molar-refractivity contribution in [2.75, 3.05) is 13.8 Å². The van der Waals surface area contributed by atoms with Gasteiger partial charge in [-0.25, -0.2) is 0 Å². The van der Waals surface area contributed by atoms with Gasteiger partial charge >= 0.3 is 0 Å². The zero-order chi connectivity index (χ0) is 16.4. The highest BCUT2D eigenvalue weighted by atomic mass is 35.5. The summed E-state index contributed by atoms with van der Waals surface area (Å²) < 4.78 is 16.0. The molecule has 0 spiro atoms. The molecule has 1 aliphatic rings. The molecular formula is C17H16ClNO4. The Morgan fingerprint density at radius 2 is 2.17 bits per heavy atom. The molecule has 1 aromatic heterocycles. The molecule has 0 bridgehead atoms. The zero-order valence-electron chi connectivity index (χ0n) is 12.8. The Kier molecular flexibility index (Phi) is 4.30. The van der Waals surface area contributed by atoms with Crippen LogP contribution in [0.25, 0.3) is 6.08 Å². The standard InChI is InChI=1S/C17H16ClNO4/c1-11-3-5-13(23-11)9-19(2)16(20)6-4-12-7-14(18)17-15(8-12)21-10-22-17/h3-8H,9-10H2,1-2H3/b6-4+. The number of fused-ring (bicyclic) bond motifs is 1. The van der Waals surface area contributed by atoms with Gasteiger partial charge in [0.1, 0.15) is 11.5 Å². The minimum Gasteiger partial charge on any atom is -0.464 e. The van der Waals surface area contributed by atoms with Gasteiger partial charge in [0.05, 0.1) is 11.6 Å². The fourth-order valence-electron chi connectivity index (χ4n) is 2.26. The maximum atomic E-state index is 12.2. The summed E-state index contributed by atoms with van der Waals surface area (Å²) in [5.74, 6) is 2.57. The van der Waals surface area contributed by atoms with E-state index in [1.54, 1.807) is 30.2 Å². The van der Waals surface area contributed by atoms with Gasteiger partial charge in [0.2, 0.25) is 12.7 Å². The predicted molar refractivity (Wildman–Crippen MR) is 86.5 cm³/mol. The first-order valence-corrected chi connectivity index (χ1v) is 7.48. The third-order valence-corrected chi connectivity index (χ3v) is 3.71. The molecule has 23 heavy (non-hydrogen) atoms. The molecule has 2 heterocycles. The van der Waals surface area contributed by atoms with Crippen LogP contribution in [0.1, 0.15) is 17.1 Å². The van der Waals surface area contributed by atoms with Crippen molar-refractivity contribution in [1.29, 1.82) is 0 Å². The van der Waals surface area contributed by atoms with E-state index in [4.69, 9.17) is 25.5 Å². The summed E-state index contributed by atoms with van der Waals surface area (Å²) in [5.41, 5.74) is 0.773. The second-order valence-electron chi connectivity index (χ2n) is 5.28. The Hall–Kier alpha value is -2.40. The summed E-state index contributed by atoms with van der Waals surface area (Å²) in [5, 5.41) is 0.464. The number of benzene rings is 1. The maximum absolute atomic E-state index is 12.2. The summed E-state index contributed by atoms with van der Waals surface area (Å²) in [6.45, 7) is 2.44. The van der Waals surface area contributed by atoms with Crippen molar-refractivity contribution >= 4 is 23.6 Å². The molecule has 0 fully saturated rings. The summed E-state index contributed by atoms with van der Waals surface area (Å²) in [6.07, 6.45) is 3.18. The number of amides is 1. The van der Waals surface area contributed by atoms with E-state index in [1.165, 1.54) is 6.08 Å². The van der Waals surface area contributed by atoms with Crippen molar-refractivity contribution in [2.45, 2.75) is 13.5 Å². The van der Waals surface area contributed by atoms with E-state index < -0.39 is 0 Å². The molecular weight excluding hydrogens is 318 g/mol. The average Bonchev–Trinajstić information content (AvgIpc) is 3.14. The number of hydrogen-bond donors (Lipinski definition) is 0. The average molecular weight is 334 g/mol. The summed E-state index contributed by atoms with van der Waals surface area (Å²) in [7, 11) is 1.72. The van der Waals surface area contributed by atoms with Gasteiger partial charge < -0.3 is 18.8 Å². The van der Waals surface area contributed by atoms with E-state index in [9.17, 15) is 4.79 Å². The Morgan fingerprint density at radius 3 is 2.91 bits per heavy atom. The summed E-state index contributed by atoms with van der Waals surface area (Å²) >= 11 is 6.12. The fourth-order valence-corrected chi connectivity index (χ4v) is 2.53. The molecule has 1 aromatic carbocycles. The van der Waals surface area contributed by atoms with Crippen LogP contribution < -0.4 is 9.47 Å². The minimum atomic E-state index is -0.132. The number of ether oxygens (including phenoxy) is 2. The smallest absolute Gasteiger partial charge is 0.246 e. The lowest BCUT2D eigenvalue weighted by molar-refractivity contribution is -0.125. The first-order chi connectivity index (χ1) is 11.0. The van der Waals surface area contributed by atoms with Crippen LogP contribution in [0.4, 0.5) is 0 Å². The Morgan fingerprint density at radius 1 is 1.35 bits per heavy atom. The number of furan rings is 1. The van der Waals surface area contributed by atoms with Crippen molar-refractivity contribution in [3.8, 4) is 11.5 Å². The number of rotatable bonds is 4. The van der Waals surface area contributed by atoms with Gasteiger partial charge in [-0.05, 0) is 42.8 Å². The van der Waals surface area contributed by atoms with Gasteiger partial charge in [0.15, 0.2) is 11.5 Å². The number of carbonyl (C=O) groups excluding carboxylic acids is 1. The lowest BCUT2D eigenvalue weighted by Gasteiger charge is -2.13. The second kappa shape index (κ2) is 6.38. The molecule has 0 saturated heterocycles. The monoisotopic (exact) mass is 333 g/mol. The molecule has 0 radical (unpaired) electrons. The van der Waals surface area contributed by atoms with Crippen LogP contribution in [-0.2, 0) is 11.3 Å². The van der Waals surface area contributed by atoms with Crippen LogP contribution in [0.5, 0.6) is 11.5 Å². The van der Waals surface area contributed by atoms with Crippen molar-refractivity contribution in [3.63, 3.8) is 0 Å². The van der Waals surface area contributed by atoms with E-state index in [0.717, 1.165) is 17.1 Å². The Labute approximate surface area is 139 Å². The normalized spacial score (nSPS) is 12.8. The maximum Gasteiger partial charge on any atom is 0.246 e. The van der Waals surface area contributed by atoms with E-state index in [1.807, 2.05) is 19.1 Å². The van der Waals surface area contributed by atoms with Crippen LogP contribution in [0.15, 0.2) is 34.8 Å². The summed E-state index contributed by atoms with van der Waals surface area (Å²) in [4.78, 5) is 13.7. The number of carbonyl (C=O) groups is 1. The highest BCUT2D eigenvalue weighted by Gasteiger charge is 2.17. The van der Waals surface area contributed by atoms with Crippen LogP contribution in [0, 0.1) is 6.92 Å². The Bertz CT molecular complexity index is 766. The van der Waals surface area contributed by atoms with Crippen molar-refractivity contribution in [1.82, 2.24) is 4.90 Å². The lowest BCUT2D eigenvalue weighted by atomic mass is 10.2. The van der Waals surface area contributed by atoms with Crippen LogP contribution >= 0.6 is 11.6 Å². The number of nitrogens with zero attached hydrogens (tertiary/aromatic N) is 1. The molecule has 0 unspecified atom stereocenters. The van der Waals surface area contributed by atoms with Crippen LogP contribution in [0.2, 0.25) is 5.02 Å². The number of hydrogen-bond acceptors (Lipinski definition) is 4. The van der Waals surface area contributed by atoms with E-state index in [0.29, 0.717) is 23.1 Å². The molecule has 120 valence electrons. The first kappa shape index (κ1) is 15.5. The largest absolute Gasteiger partial charge is 0.464 e. The molecule has 2 aromatic rings. The SMILES string of the molecule is Cc1ccc(CN(C)C(=O)/C=C/c2cc(Cl)c3c(c2)OCO3)o1.